The number of nitrogens with zero attached hydrogens (tertiary/aromatic N) is 3. The predicted octanol–water partition coefficient (Wildman–Crippen LogP) is 2.84. The summed E-state index contributed by atoms with van der Waals surface area (Å²) in [5.74, 6) is 1.79. The summed E-state index contributed by atoms with van der Waals surface area (Å²) in [5, 5.41) is 3.42. The van der Waals surface area contributed by atoms with Crippen molar-refractivity contribution < 1.29 is 9.53 Å². The molecule has 2 aliphatic rings. The number of aryl methyl sites for hydroxylation is 1. The van der Waals surface area contributed by atoms with Gasteiger partial charge in [-0.2, -0.15) is 0 Å². The predicted molar refractivity (Wildman–Crippen MR) is 88.2 cm³/mol. The Kier molecular flexibility index (Phi) is 4.17. The van der Waals surface area contributed by atoms with Gasteiger partial charge in [-0.15, -0.1) is 0 Å². The first-order valence-electron chi connectivity index (χ1n) is 8.33. The summed E-state index contributed by atoms with van der Waals surface area (Å²) >= 11 is 0. The zero-order chi connectivity index (χ0) is 16.6. The van der Waals surface area contributed by atoms with Crippen molar-refractivity contribution in [3.63, 3.8) is 0 Å². The van der Waals surface area contributed by atoms with E-state index in [0.717, 1.165) is 31.5 Å². The van der Waals surface area contributed by atoms with Crippen molar-refractivity contribution in [3.8, 4) is 0 Å². The fourth-order valence-electron chi connectivity index (χ4n) is 3.54. The van der Waals surface area contributed by atoms with E-state index in [4.69, 9.17) is 4.74 Å². The van der Waals surface area contributed by atoms with Gasteiger partial charge in [0, 0.05) is 31.5 Å². The van der Waals surface area contributed by atoms with Crippen molar-refractivity contribution in [2.24, 2.45) is 11.8 Å². The zero-order valence-corrected chi connectivity index (χ0v) is 14.4. The van der Waals surface area contributed by atoms with Crippen LogP contribution in [-0.2, 0) is 4.74 Å². The number of anilines is 1. The minimum Gasteiger partial charge on any atom is -0.444 e. The molecule has 0 spiro atoms. The molecular formula is C17H26N4O2. The molecule has 1 aromatic heterocycles. The molecule has 1 saturated carbocycles. The lowest BCUT2D eigenvalue weighted by Gasteiger charge is -2.25. The van der Waals surface area contributed by atoms with Crippen LogP contribution in [0, 0.1) is 18.8 Å². The molecule has 0 aromatic carbocycles. The van der Waals surface area contributed by atoms with Crippen LogP contribution in [0.2, 0.25) is 0 Å². The SMILES string of the molecule is Cc1cnc(N[C@H]2C[C@@H]3CN(C(=O)OC(C)(C)C)C[C@@H]3C2)nc1. The highest BCUT2D eigenvalue weighted by atomic mass is 16.6. The summed E-state index contributed by atoms with van der Waals surface area (Å²) in [6.07, 6.45) is 5.59. The number of ether oxygens (including phenoxy) is 1. The molecule has 6 heteroatoms. The Morgan fingerprint density at radius 3 is 2.30 bits per heavy atom. The van der Waals surface area contributed by atoms with Gasteiger partial charge in [-0.25, -0.2) is 14.8 Å². The summed E-state index contributed by atoms with van der Waals surface area (Å²) in [6.45, 7) is 9.30. The van der Waals surface area contributed by atoms with Crippen LogP contribution in [0.1, 0.15) is 39.2 Å². The molecule has 2 fully saturated rings. The van der Waals surface area contributed by atoms with E-state index in [1.54, 1.807) is 0 Å². The van der Waals surface area contributed by atoms with Gasteiger partial charge >= 0.3 is 6.09 Å². The van der Waals surface area contributed by atoms with Gasteiger partial charge in [0.1, 0.15) is 5.60 Å². The Hall–Kier alpha value is -1.85. The van der Waals surface area contributed by atoms with Crippen LogP contribution in [0.3, 0.4) is 0 Å². The Morgan fingerprint density at radius 2 is 1.78 bits per heavy atom. The number of nitrogens with one attached hydrogen (secondary N) is 1. The van der Waals surface area contributed by atoms with E-state index in [0.29, 0.717) is 23.8 Å². The molecule has 1 aromatic rings. The fraction of sp³-hybridized carbons (Fsp3) is 0.706. The third-order valence-electron chi connectivity index (χ3n) is 4.52. The minimum absolute atomic E-state index is 0.182. The van der Waals surface area contributed by atoms with Crippen LogP contribution < -0.4 is 5.32 Å². The third kappa shape index (κ3) is 3.92. The Bertz CT molecular complexity index is 553. The smallest absolute Gasteiger partial charge is 0.410 e. The topological polar surface area (TPSA) is 67.4 Å². The Morgan fingerprint density at radius 1 is 1.22 bits per heavy atom. The lowest BCUT2D eigenvalue weighted by atomic mass is 10.0. The normalized spacial score (nSPS) is 27.0. The number of carbonyl (C=O) groups is 1. The zero-order valence-electron chi connectivity index (χ0n) is 14.4. The molecule has 1 aliphatic carbocycles. The molecule has 23 heavy (non-hydrogen) atoms. The average Bonchev–Trinajstić information content (AvgIpc) is 2.97. The summed E-state index contributed by atoms with van der Waals surface area (Å²) in [4.78, 5) is 22.6. The van der Waals surface area contributed by atoms with Crippen molar-refractivity contribution in [3.05, 3.63) is 18.0 Å². The first-order chi connectivity index (χ1) is 10.8. The highest BCUT2D eigenvalue weighted by molar-refractivity contribution is 5.68. The van der Waals surface area contributed by atoms with Crippen molar-refractivity contribution in [1.82, 2.24) is 14.9 Å². The average molecular weight is 318 g/mol. The second-order valence-electron chi connectivity index (χ2n) is 7.80. The summed E-state index contributed by atoms with van der Waals surface area (Å²) < 4.78 is 5.47. The van der Waals surface area contributed by atoms with E-state index in [9.17, 15) is 4.79 Å². The van der Waals surface area contributed by atoms with Crippen LogP contribution in [-0.4, -0.2) is 45.7 Å². The molecule has 1 amide bonds. The molecule has 3 rings (SSSR count). The quantitative estimate of drug-likeness (QED) is 0.908. The fourth-order valence-corrected chi connectivity index (χ4v) is 3.54. The van der Waals surface area contributed by atoms with Gasteiger partial charge in [-0.1, -0.05) is 0 Å². The van der Waals surface area contributed by atoms with Crippen molar-refractivity contribution >= 4 is 12.0 Å². The molecule has 1 N–H and O–H groups in total. The highest BCUT2D eigenvalue weighted by Crippen LogP contribution is 2.39. The first kappa shape index (κ1) is 16.0. The summed E-state index contributed by atoms with van der Waals surface area (Å²) in [5.41, 5.74) is 0.633. The van der Waals surface area contributed by atoms with E-state index in [1.807, 2.05) is 45.0 Å². The van der Waals surface area contributed by atoms with E-state index < -0.39 is 5.60 Å². The second-order valence-corrected chi connectivity index (χ2v) is 7.80. The van der Waals surface area contributed by atoms with E-state index in [2.05, 4.69) is 15.3 Å². The number of rotatable bonds is 2. The maximum atomic E-state index is 12.2. The van der Waals surface area contributed by atoms with Crippen molar-refractivity contribution in [1.29, 1.82) is 0 Å². The molecule has 1 aliphatic heterocycles. The Labute approximate surface area is 137 Å². The number of hydrogen-bond acceptors (Lipinski definition) is 5. The number of aromatic nitrogens is 2. The van der Waals surface area contributed by atoms with E-state index in [-0.39, 0.29) is 6.09 Å². The number of likely N-dealkylation sites (tertiary alicyclic amines) is 1. The highest BCUT2D eigenvalue weighted by Gasteiger charge is 2.43. The van der Waals surface area contributed by atoms with Gasteiger partial charge in [0.25, 0.3) is 0 Å². The summed E-state index contributed by atoms with van der Waals surface area (Å²) in [7, 11) is 0. The van der Waals surface area contributed by atoms with Crippen LogP contribution >= 0.6 is 0 Å². The van der Waals surface area contributed by atoms with Gasteiger partial charge in [0.2, 0.25) is 5.95 Å². The maximum absolute atomic E-state index is 12.2. The third-order valence-corrected chi connectivity index (χ3v) is 4.52. The van der Waals surface area contributed by atoms with Crippen LogP contribution in [0.5, 0.6) is 0 Å². The molecule has 126 valence electrons. The number of hydrogen-bond donors (Lipinski definition) is 1. The molecule has 3 atom stereocenters. The second kappa shape index (κ2) is 5.98. The molecule has 0 bridgehead atoms. The number of amides is 1. The minimum atomic E-state index is -0.429. The maximum Gasteiger partial charge on any atom is 0.410 e. The van der Waals surface area contributed by atoms with Crippen molar-refractivity contribution in [2.75, 3.05) is 18.4 Å². The summed E-state index contributed by atoms with van der Waals surface area (Å²) in [6, 6.07) is 0.397. The van der Waals surface area contributed by atoms with Crippen LogP contribution in [0.15, 0.2) is 12.4 Å². The van der Waals surface area contributed by atoms with Gasteiger partial charge in [0.05, 0.1) is 0 Å². The first-order valence-corrected chi connectivity index (χ1v) is 8.33. The number of carbonyl (C=O) groups excluding carboxylic acids is 1. The van der Waals surface area contributed by atoms with Crippen LogP contribution in [0.25, 0.3) is 0 Å². The Balaban J connectivity index is 1.51. The lowest BCUT2D eigenvalue weighted by molar-refractivity contribution is 0.0280. The molecule has 0 unspecified atom stereocenters. The van der Waals surface area contributed by atoms with Crippen LogP contribution in [0.4, 0.5) is 10.7 Å². The van der Waals surface area contributed by atoms with Gasteiger partial charge in [-0.05, 0) is 57.9 Å². The van der Waals surface area contributed by atoms with Gasteiger partial charge in [-0.3, -0.25) is 0 Å². The monoisotopic (exact) mass is 318 g/mol. The van der Waals surface area contributed by atoms with Crippen molar-refractivity contribution in [2.45, 2.75) is 52.2 Å². The molecule has 0 radical (unpaired) electrons. The number of fused-ring (bicyclic) bond motifs is 1. The standard InChI is InChI=1S/C17H26N4O2/c1-11-7-18-15(19-8-11)20-14-5-12-9-21(10-13(12)6-14)16(22)23-17(2,3)4/h7-8,12-14H,5-6,9-10H2,1-4H3,(H,18,19,20)/t12-,13+,14+. The molecule has 6 nitrogen and oxygen atoms in total. The van der Waals surface area contributed by atoms with E-state index in [1.165, 1.54) is 0 Å². The molecular weight excluding hydrogens is 292 g/mol. The molecule has 1 saturated heterocycles. The van der Waals surface area contributed by atoms with Gasteiger partial charge < -0.3 is 15.0 Å². The molecule has 2 heterocycles. The van der Waals surface area contributed by atoms with E-state index >= 15 is 0 Å². The largest absolute Gasteiger partial charge is 0.444 e. The lowest BCUT2D eigenvalue weighted by Crippen LogP contribution is -2.36. The van der Waals surface area contributed by atoms with Gasteiger partial charge in [0.15, 0.2) is 0 Å².